The van der Waals surface area contributed by atoms with Crippen molar-refractivity contribution in [2.75, 3.05) is 26.9 Å². The monoisotopic (exact) mass is 522 g/mol. The molecular formula is C29H46O8. The van der Waals surface area contributed by atoms with Gasteiger partial charge in [-0.05, 0) is 36.6 Å². The van der Waals surface area contributed by atoms with E-state index in [4.69, 9.17) is 24.4 Å². The van der Waals surface area contributed by atoms with E-state index in [-0.39, 0.29) is 30.9 Å². The molecular weight excluding hydrogens is 476 g/mol. The number of hydrogen-bond donors (Lipinski definition) is 3. The van der Waals surface area contributed by atoms with Gasteiger partial charge in [0.15, 0.2) is 11.5 Å². The zero-order valence-electron chi connectivity index (χ0n) is 22.4. The Morgan fingerprint density at radius 3 is 1.92 bits per heavy atom. The first-order chi connectivity index (χ1) is 18.0. The van der Waals surface area contributed by atoms with Crippen molar-refractivity contribution < 1.29 is 39.1 Å². The van der Waals surface area contributed by atoms with Gasteiger partial charge < -0.3 is 29.5 Å². The normalized spacial score (nSPS) is 11.2. The minimum atomic E-state index is -0.796. The zero-order valence-corrected chi connectivity index (χ0v) is 22.4. The molecule has 0 spiro atoms. The molecule has 37 heavy (non-hydrogen) atoms. The number of phenols is 1. The van der Waals surface area contributed by atoms with Crippen molar-refractivity contribution in [1.29, 1.82) is 0 Å². The van der Waals surface area contributed by atoms with Crippen LogP contribution in [0.1, 0.15) is 95.5 Å². The standard InChI is InChI=1S/C29H46O8/c1-35-27-21-24(16-18-26(27)32)17-19-28(33)36-20-14-12-10-8-6-4-2-3-5-7-9-11-13-15-29(34)37-25(22-30)23-31/h16-19,21,25,30-32H,2-15,20,22-23H2,1H3/b19-17-. The van der Waals surface area contributed by atoms with Gasteiger partial charge in [0.25, 0.3) is 0 Å². The summed E-state index contributed by atoms with van der Waals surface area (Å²) in [5.74, 6) is -0.306. The van der Waals surface area contributed by atoms with Crippen molar-refractivity contribution in [1.82, 2.24) is 0 Å². The molecule has 0 unspecified atom stereocenters. The van der Waals surface area contributed by atoms with E-state index in [0.717, 1.165) is 44.1 Å². The third-order valence-corrected chi connectivity index (χ3v) is 6.09. The SMILES string of the molecule is COc1cc(/C=C\C(=O)OCCCCCCCCCCCCCCCC(=O)OC(CO)CO)ccc1O. The summed E-state index contributed by atoms with van der Waals surface area (Å²) < 4.78 is 15.2. The molecule has 8 heteroatoms. The van der Waals surface area contributed by atoms with E-state index in [0.29, 0.717) is 18.8 Å². The van der Waals surface area contributed by atoms with Gasteiger partial charge in [-0.15, -0.1) is 0 Å². The number of methoxy groups -OCH3 is 1. The highest BCUT2D eigenvalue weighted by Gasteiger charge is 2.11. The molecule has 0 saturated heterocycles. The number of aromatic hydroxyl groups is 1. The van der Waals surface area contributed by atoms with Crippen LogP contribution in [0.2, 0.25) is 0 Å². The quantitative estimate of drug-likeness (QED) is 0.106. The van der Waals surface area contributed by atoms with Gasteiger partial charge in [0.2, 0.25) is 0 Å². The van der Waals surface area contributed by atoms with Crippen LogP contribution >= 0.6 is 0 Å². The second-order valence-corrected chi connectivity index (χ2v) is 9.26. The van der Waals surface area contributed by atoms with Gasteiger partial charge in [0, 0.05) is 12.5 Å². The van der Waals surface area contributed by atoms with Crippen molar-refractivity contribution >= 4 is 18.0 Å². The molecule has 0 saturated carbocycles. The maximum atomic E-state index is 11.8. The number of benzene rings is 1. The van der Waals surface area contributed by atoms with E-state index in [1.54, 1.807) is 18.2 Å². The molecule has 0 aliphatic heterocycles. The Hall–Kier alpha value is -2.58. The average molecular weight is 523 g/mol. The number of carbonyl (C=O) groups is 2. The number of esters is 2. The Labute approximate surface area is 221 Å². The number of unbranched alkanes of at least 4 members (excludes halogenated alkanes) is 12. The van der Waals surface area contributed by atoms with Gasteiger partial charge in [0.05, 0.1) is 26.9 Å². The van der Waals surface area contributed by atoms with E-state index < -0.39 is 6.10 Å². The van der Waals surface area contributed by atoms with Crippen molar-refractivity contribution in [2.24, 2.45) is 0 Å². The van der Waals surface area contributed by atoms with E-state index in [1.807, 2.05) is 0 Å². The lowest BCUT2D eigenvalue weighted by molar-refractivity contribution is -0.153. The lowest BCUT2D eigenvalue weighted by Gasteiger charge is -2.12. The molecule has 8 nitrogen and oxygen atoms in total. The summed E-state index contributed by atoms with van der Waals surface area (Å²) in [5.41, 5.74) is 0.749. The van der Waals surface area contributed by atoms with E-state index in [9.17, 15) is 14.7 Å². The number of aliphatic hydroxyl groups excluding tert-OH is 2. The summed E-state index contributed by atoms with van der Waals surface area (Å²) >= 11 is 0. The van der Waals surface area contributed by atoms with Gasteiger partial charge in [0.1, 0.15) is 6.10 Å². The van der Waals surface area contributed by atoms with Gasteiger partial charge in [-0.3, -0.25) is 4.79 Å². The molecule has 1 aromatic rings. The third kappa shape index (κ3) is 16.7. The van der Waals surface area contributed by atoms with Crippen LogP contribution < -0.4 is 4.74 Å². The maximum absolute atomic E-state index is 11.8. The van der Waals surface area contributed by atoms with Gasteiger partial charge in [-0.25, -0.2) is 4.79 Å². The molecule has 0 heterocycles. The number of aliphatic hydroxyl groups is 2. The smallest absolute Gasteiger partial charge is 0.330 e. The molecule has 0 radical (unpaired) electrons. The Morgan fingerprint density at radius 1 is 0.838 bits per heavy atom. The van der Waals surface area contributed by atoms with Crippen LogP contribution in [0.15, 0.2) is 24.3 Å². The molecule has 0 aromatic heterocycles. The van der Waals surface area contributed by atoms with Crippen molar-refractivity contribution in [3.8, 4) is 11.5 Å². The van der Waals surface area contributed by atoms with E-state index in [2.05, 4.69) is 0 Å². The fourth-order valence-corrected chi connectivity index (χ4v) is 3.88. The summed E-state index contributed by atoms with van der Waals surface area (Å²) in [6, 6.07) is 4.87. The summed E-state index contributed by atoms with van der Waals surface area (Å²) in [6.07, 6.45) is 17.2. The fraction of sp³-hybridized carbons (Fsp3) is 0.655. The number of phenolic OH excluding ortho intramolecular Hbond substituents is 1. The molecule has 1 rings (SSSR count). The Bertz CT molecular complexity index is 773. The predicted molar refractivity (Wildman–Crippen MR) is 143 cm³/mol. The largest absolute Gasteiger partial charge is 0.504 e. The molecule has 0 aliphatic rings. The third-order valence-electron chi connectivity index (χ3n) is 6.09. The van der Waals surface area contributed by atoms with Crippen LogP contribution in [0.25, 0.3) is 6.08 Å². The summed E-state index contributed by atoms with van der Waals surface area (Å²) in [5, 5.41) is 27.4. The van der Waals surface area contributed by atoms with E-state index in [1.165, 1.54) is 64.2 Å². The van der Waals surface area contributed by atoms with Crippen molar-refractivity contribution in [3.05, 3.63) is 29.8 Å². The van der Waals surface area contributed by atoms with Gasteiger partial charge in [-0.1, -0.05) is 76.7 Å². The molecule has 210 valence electrons. The minimum absolute atomic E-state index is 0.0577. The highest BCUT2D eigenvalue weighted by Crippen LogP contribution is 2.26. The van der Waals surface area contributed by atoms with Gasteiger partial charge in [-0.2, -0.15) is 0 Å². The Balaban J connectivity index is 1.87. The lowest BCUT2D eigenvalue weighted by Crippen LogP contribution is -2.25. The lowest BCUT2D eigenvalue weighted by atomic mass is 10.0. The first kappa shape index (κ1) is 32.4. The van der Waals surface area contributed by atoms with Crippen LogP contribution in [0.5, 0.6) is 11.5 Å². The summed E-state index contributed by atoms with van der Waals surface area (Å²) in [7, 11) is 1.48. The molecule has 1 aromatic carbocycles. The fourth-order valence-electron chi connectivity index (χ4n) is 3.88. The zero-order chi connectivity index (χ0) is 27.1. The second kappa shape index (κ2) is 21.5. The minimum Gasteiger partial charge on any atom is -0.504 e. The first-order valence-electron chi connectivity index (χ1n) is 13.6. The Kier molecular flexibility index (Phi) is 18.9. The molecule has 3 N–H and O–H groups in total. The van der Waals surface area contributed by atoms with E-state index >= 15 is 0 Å². The van der Waals surface area contributed by atoms with Crippen LogP contribution in [-0.2, 0) is 19.1 Å². The number of hydrogen-bond acceptors (Lipinski definition) is 8. The van der Waals surface area contributed by atoms with Crippen LogP contribution in [0, 0.1) is 0 Å². The number of ether oxygens (including phenoxy) is 3. The first-order valence-corrected chi connectivity index (χ1v) is 13.6. The van der Waals surface area contributed by atoms with Crippen LogP contribution in [0.3, 0.4) is 0 Å². The Morgan fingerprint density at radius 2 is 1.38 bits per heavy atom. The maximum Gasteiger partial charge on any atom is 0.330 e. The highest BCUT2D eigenvalue weighted by molar-refractivity contribution is 5.87. The predicted octanol–water partition coefficient (Wildman–Crippen LogP) is 5.32. The highest BCUT2D eigenvalue weighted by atomic mass is 16.6. The van der Waals surface area contributed by atoms with Crippen molar-refractivity contribution in [3.63, 3.8) is 0 Å². The number of rotatable bonds is 22. The average Bonchev–Trinajstić information content (AvgIpc) is 2.90. The molecule has 0 amide bonds. The number of carbonyl (C=O) groups excluding carboxylic acids is 2. The topological polar surface area (TPSA) is 123 Å². The summed E-state index contributed by atoms with van der Waals surface area (Å²) in [6.45, 7) is -0.271. The van der Waals surface area contributed by atoms with Crippen LogP contribution in [0.4, 0.5) is 0 Å². The second-order valence-electron chi connectivity index (χ2n) is 9.26. The van der Waals surface area contributed by atoms with Gasteiger partial charge >= 0.3 is 11.9 Å². The van der Waals surface area contributed by atoms with Crippen molar-refractivity contribution in [2.45, 2.75) is 96.0 Å². The molecule has 0 atom stereocenters. The summed E-state index contributed by atoms with van der Waals surface area (Å²) in [4.78, 5) is 23.4. The van der Waals surface area contributed by atoms with Crippen LogP contribution in [-0.4, -0.2) is 60.3 Å². The molecule has 0 fully saturated rings. The molecule has 0 bridgehead atoms. The molecule has 0 aliphatic carbocycles.